The van der Waals surface area contributed by atoms with Crippen LogP contribution in [0, 0.1) is 5.82 Å². The van der Waals surface area contributed by atoms with Crippen molar-refractivity contribution in [3.05, 3.63) is 35.7 Å². The van der Waals surface area contributed by atoms with Gasteiger partial charge in [0.2, 0.25) is 0 Å². The SMILES string of the molecule is CCOC(=O)/C=C/c1cc(F)cc(OC)c1. The van der Waals surface area contributed by atoms with Crippen molar-refractivity contribution in [2.45, 2.75) is 6.92 Å². The van der Waals surface area contributed by atoms with Crippen molar-refractivity contribution in [1.82, 2.24) is 0 Å². The third kappa shape index (κ3) is 3.73. The molecule has 1 aromatic carbocycles. The van der Waals surface area contributed by atoms with Gasteiger partial charge in [-0.2, -0.15) is 0 Å². The van der Waals surface area contributed by atoms with Crippen LogP contribution in [0.5, 0.6) is 5.75 Å². The second-order valence-electron chi connectivity index (χ2n) is 3.01. The number of hydrogen-bond donors (Lipinski definition) is 0. The van der Waals surface area contributed by atoms with Crippen LogP contribution in [0.15, 0.2) is 24.3 Å². The van der Waals surface area contributed by atoms with Crippen molar-refractivity contribution < 1.29 is 18.7 Å². The van der Waals surface area contributed by atoms with Crippen molar-refractivity contribution in [2.24, 2.45) is 0 Å². The average Bonchev–Trinajstić information content (AvgIpc) is 2.26. The number of ether oxygens (including phenoxy) is 2. The molecule has 3 nitrogen and oxygen atoms in total. The lowest BCUT2D eigenvalue weighted by molar-refractivity contribution is -0.137. The van der Waals surface area contributed by atoms with Crippen LogP contribution in [0.4, 0.5) is 4.39 Å². The van der Waals surface area contributed by atoms with Crippen molar-refractivity contribution in [2.75, 3.05) is 13.7 Å². The van der Waals surface area contributed by atoms with Crippen LogP contribution >= 0.6 is 0 Å². The van der Waals surface area contributed by atoms with Crippen LogP contribution in [0.25, 0.3) is 6.08 Å². The zero-order valence-corrected chi connectivity index (χ0v) is 9.20. The van der Waals surface area contributed by atoms with E-state index in [9.17, 15) is 9.18 Å². The molecule has 0 radical (unpaired) electrons. The Hall–Kier alpha value is -1.84. The summed E-state index contributed by atoms with van der Waals surface area (Å²) in [6.07, 6.45) is 2.72. The lowest BCUT2D eigenvalue weighted by Gasteiger charge is -2.01. The first-order valence-corrected chi connectivity index (χ1v) is 4.85. The maximum atomic E-state index is 13.1. The van der Waals surface area contributed by atoms with Crippen molar-refractivity contribution in [3.8, 4) is 5.75 Å². The van der Waals surface area contributed by atoms with Crippen LogP contribution in [0.1, 0.15) is 12.5 Å². The molecule has 0 heterocycles. The Labute approximate surface area is 93.5 Å². The van der Waals surface area contributed by atoms with Gasteiger partial charge < -0.3 is 9.47 Å². The first-order chi connectivity index (χ1) is 7.65. The summed E-state index contributed by atoms with van der Waals surface area (Å²) < 4.78 is 22.7. The molecule has 0 fully saturated rings. The minimum atomic E-state index is -0.453. The van der Waals surface area contributed by atoms with Crippen LogP contribution in [-0.4, -0.2) is 19.7 Å². The van der Waals surface area contributed by atoms with E-state index in [2.05, 4.69) is 0 Å². The number of carbonyl (C=O) groups excluding carboxylic acids is 1. The lowest BCUT2D eigenvalue weighted by Crippen LogP contribution is -1.98. The first-order valence-electron chi connectivity index (χ1n) is 4.85. The van der Waals surface area contributed by atoms with E-state index < -0.39 is 11.8 Å². The first kappa shape index (κ1) is 12.2. The predicted octanol–water partition coefficient (Wildman–Crippen LogP) is 2.41. The summed E-state index contributed by atoms with van der Waals surface area (Å²) in [6.45, 7) is 2.03. The van der Waals surface area contributed by atoms with Crippen LogP contribution in [0.3, 0.4) is 0 Å². The smallest absolute Gasteiger partial charge is 0.330 e. The molecule has 0 saturated heterocycles. The Morgan fingerprint density at radius 3 is 2.81 bits per heavy atom. The third-order valence-corrected chi connectivity index (χ3v) is 1.83. The molecular weight excluding hydrogens is 211 g/mol. The minimum Gasteiger partial charge on any atom is -0.497 e. The van der Waals surface area contributed by atoms with Crippen LogP contribution < -0.4 is 4.74 Å². The monoisotopic (exact) mass is 224 g/mol. The van der Waals surface area contributed by atoms with Gasteiger partial charge >= 0.3 is 5.97 Å². The van der Waals surface area contributed by atoms with Gasteiger partial charge in [-0.05, 0) is 30.7 Å². The zero-order valence-electron chi connectivity index (χ0n) is 9.20. The van der Waals surface area contributed by atoms with Crippen LogP contribution in [0.2, 0.25) is 0 Å². The Morgan fingerprint density at radius 1 is 1.44 bits per heavy atom. The second kappa shape index (κ2) is 5.90. The Morgan fingerprint density at radius 2 is 2.19 bits per heavy atom. The molecule has 0 bridgehead atoms. The van der Waals surface area contributed by atoms with E-state index in [1.165, 1.54) is 31.4 Å². The van der Waals surface area contributed by atoms with Gasteiger partial charge in [0.15, 0.2) is 0 Å². The molecule has 16 heavy (non-hydrogen) atoms. The predicted molar refractivity (Wildman–Crippen MR) is 58.6 cm³/mol. The van der Waals surface area contributed by atoms with E-state index in [1.807, 2.05) is 0 Å². The number of hydrogen-bond acceptors (Lipinski definition) is 3. The fraction of sp³-hybridized carbons (Fsp3) is 0.250. The molecule has 86 valence electrons. The highest BCUT2D eigenvalue weighted by Crippen LogP contribution is 2.16. The molecule has 0 unspecified atom stereocenters. The summed E-state index contributed by atoms with van der Waals surface area (Å²) >= 11 is 0. The molecule has 4 heteroatoms. The normalized spacial score (nSPS) is 10.4. The third-order valence-electron chi connectivity index (χ3n) is 1.83. The number of carbonyl (C=O) groups is 1. The zero-order chi connectivity index (χ0) is 12.0. The molecule has 0 aromatic heterocycles. The molecule has 0 atom stereocenters. The number of rotatable bonds is 4. The molecular formula is C12H13FO3. The molecule has 0 aliphatic heterocycles. The minimum absolute atomic E-state index is 0.315. The highest BCUT2D eigenvalue weighted by molar-refractivity contribution is 5.87. The summed E-state index contributed by atoms with van der Waals surface area (Å²) in [5.41, 5.74) is 0.546. The molecule has 0 aliphatic carbocycles. The molecule has 1 rings (SSSR count). The summed E-state index contributed by atoms with van der Waals surface area (Å²) in [6, 6.07) is 4.19. The topological polar surface area (TPSA) is 35.5 Å². The lowest BCUT2D eigenvalue weighted by atomic mass is 10.2. The fourth-order valence-corrected chi connectivity index (χ4v) is 1.15. The van der Waals surface area contributed by atoms with Gasteiger partial charge in [0, 0.05) is 12.1 Å². The van der Waals surface area contributed by atoms with Gasteiger partial charge in [0.05, 0.1) is 13.7 Å². The Balaban J connectivity index is 2.80. The highest BCUT2D eigenvalue weighted by atomic mass is 19.1. The summed E-state index contributed by atoms with van der Waals surface area (Å²) in [5.74, 6) is -0.461. The number of esters is 1. The van der Waals surface area contributed by atoms with Gasteiger partial charge in [-0.1, -0.05) is 0 Å². The summed E-state index contributed by atoms with van der Waals surface area (Å²) in [5, 5.41) is 0. The molecule has 0 spiro atoms. The highest BCUT2D eigenvalue weighted by Gasteiger charge is 1.99. The Kier molecular flexibility index (Phi) is 4.51. The fourth-order valence-electron chi connectivity index (χ4n) is 1.15. The van der Waals surface area contributed by atoms with Gasteiger partial charge in [0.25, 0.3) is 0 Å². The van der Waals surface area contributed by atoms with Crippen molar-refractivity contribution in [3.63, 3.8) is 0 Å². The molecule has 0 saturated carbocycles. The standard InChI is InChI=1S/C12H13FO3/c1-3-16-12(14)5-4-9-6-10(13)8-11(7-9)15-2/h4-8H,3H2,1-2H3/b5-4+. The van der Waals surface area contributed by atoms with E-state index in [0.717, 1.165) is 0 Å². The van der Waals surface area contributed by atoms with Crippen LogP contribution in [-0.2, 0) is 9.53 Å². The second-order valence-corrected chi connectivity index (χ2v) is 3.01. The summed E-state index contributed by atoms with van der Waals surface area (Å²) in [7, 11) is 1.45. The molecule has 0 aliphatic rings. The van der Waals surface area contributed by atoms with Crippen molar-refractivity contribution in [1.29, 1.82) is 0 Å². The number of halogens is 1. The maximum Gasteiger partial charge on any atom is 0.330 e. The van der Waals surface area contributed by atoms with Crippen molar-refractivity contribution >= 4 is 12.0 Å². The average molecular weight is 224 g/mol. The largest absolute Gasteiger partial charge is 0.497 e. The molecule has 0 N–H and O–H groups in total. The number of methoxy groups -OCH3 is 1. The van der Waals surface area contributed by atoms with Gasteiger partial charge in [-0.25, -0.2) is 9.18 Å². The molecule has 0 amide bonds. The Bertz CT molecular complexity index is 399. The van der Waals surface area contributed by atoms with Gasteiger partial charge in [0.1, 0.15) is 11.6 Å². The number of benzene rings is 1. The van der Waals surface area contributed by atoms with Gasteiger partial charge in [-0.15, -0.1) is 0 Å². The molecule has 1 aromatic rings. The van der Waals surface area contributed by atoms with Gasteiger partial charge in [-0.3, -0.25) is 0 Å². The van der Waals surface area contributed by atoms with E-state index in [0.29, 0.717) is 17.9 Å². The summed E-state index contributed by atoms with van der Waals surface area (Å²) in [4.78, 5) is 11.0. The maximum absolute atomic E-state index is 13.1. The van der Waals surface area contributed by atoms with E-state index in [-0.39, 0.29) is 0 Å². The van der Waals surface area contributed by atoms with E-state index in [1.54, 1.807) is 13.0 Å². The van der Waals surface area contributed by atoms with E-state index in [4.69, 9.17) is 9.47 Å². The quantitative estimate of drug-likeness (QED) is 0.582. The van der Waals surface area contributed by atoms with E-state index >= 15 is 0 Å².